The van der Waals surface area contributed by atoms with Crippen LogP contribution in [-0.2, 0) is 6.42 Å². The van der Waals surface area contributed by atoms with Crippen LogP contribution in [0, 0.1) is 5.41 Å². The molecule has 1 N–H and O–H groups in total. The number of nitrogens with zero attached hydrogens (tertiary/aromatic N) is 1. The van der Waals surface area contributed by atoms with E-state index in [0.717, 1.165) is 10.2 Å². The molecular weight excluding hydrogens is 242 g/mol. The van der Waals surface area contributed by atoms with Gasteiger partial charge in [-0.2, -0.15) is 0 Å². The molecule has 0 saturated carbocycles. The van der Waals surface area contributed by atoms with Crippen LogP contribution in [-0.4, -0.2) is 16.2 Å². The van der Waals surface area contributed by atoms with Gasteiger partial charge in [-0.25, -0.2) is 0 Å². The predicted molar refractivity (Wildman–Crippen MR) is 61.1 cm³/mol. The van der Waals surface area contributed by atoms with Crippen LogP contribution in [0.3, 0.4) is 0 Å². The van der Waals surface area contributed by atoms with E-state index in [4.69, 9.17) is 0 Å². The van der Waals surface area contributed by atoms with Crippen LogP contribution in [0.25, 0.3) is 0 Å². The molecule has 0 bridgehead atoms. The van der Waals surface area contributed by atoms with Gasteiger partial charge in [0.1, 0.15) is 0 Å². The Hall–Kier alpha value is -0.410. The van der Waals surface area contributed by atoms with Crippen LogP contribution in [0.4, 0.5) is 0 Å². The van der Waals surface area contributed by atoms with Crippen molar-refractivity contribution >= 4 is 15.9 Å². The van der Waals surface area contributed by atoms with Crippen molar-refractivity contribution in [1.82, 2.24) is 4.98 Å². The molecule has 1 rings (SSSR count). The van der Waals surface area contributed by atoms with E-state index < -0.39 is 0 Å². The molecule has 1 aromatic heterocycles. The van der Waals surface area contributed by atoms with Crippen LogP contribution in [0.1, 0.15) is 26.5 Å². The number of hydrogen-bond acceptors (Lipinski definition) is 2. The maximum Gasteiger partial charge on any atom is 0.0644 e. The molecule has 0 aliphatic rings. The summed E-state index contributed by atoms with van der Waals surface area (Å²) in [5.74, 6) is 0. The lowest BCUT2D eigenvalue weighted by atomic mass is 9.86. The summed E-state index contributed by atoms with van der Waals surface area (Å²) in [5, 5.41) is 9.90. The summed E-state index contributed by atoms with van der Waals surface area (Å²) < 4.78 is 0.961. The normalized spacial score (nSPS) is 14.1. The second-order valence-corrected chi connectivity index (χ2v) is 5.37. The third-order valence-corrected chi connectivity index (χ3v) is 2.94. The first kappa shape index (κ1) is 11.7. The molecule has 0 amide bonds. The lowest BCUT2D eigenvalue weighted by Crippen LogP contribution is -2.28. The summed E-state index contributed by atoms with van der Waals surface area (Å²) >= 11 is 3.42. The maximum absolute atomic E-state index is 9.90. The Morgan fingerprint density at radius 2 is 2.14 bits per heavy atom. The quantitative estimate of drug-likeness (QED) is 0.884. The number of aliphatic hydroxyl groups excluding tert-OH is 1. The molecule has 0 aliphatic heterocycles. The van der Waals surface area contributed by atoms with Crippen molar-refractivity contribution in [3.05, 3.63) is 28.5 Å². The average Bonchev–Trinajstić information content (AvgIpc) is 2.07. The zero-order valence-electron chi connectivity index (χ0n) is 8.79. The van der Waals surface area contributed by atoms with Crippen molar-refractivity contribution in [2.24, 2.45) is 5.41 Å². The second-order valence-electron chi connectivity index (χ2n) is 4.52. The number of pyridine rings is 1. The van der Waals surface area contributed by atoms with Crippen molar-refractivity contribution in [2.45, 2.75) is 33.3 Å². The smallest absolute Gasteiger partial charge is 0.0644 e. The minimum atomic E-state index is -0.367. The maximum atomic E-state index is 9.90. The minimum absolute atomic E-state index is 0.100. The molecule has 0 fully saturated rings. The van der Waals surface area contributed by atoms with E-state index in [1.165, 1.54) is 0 Å². The van der Waals surface area contributed by atoms with E-state index in [1.54, 1.807) is 6.20 Å². The molecule has 78 valence electrons. The Kier molecular flexibility index (Phi) is 3.67. The first-order chi connectivity index (χ1) is 6.41. The van der Waals surface area contributed by atoms with Crippen LogP contribution in [0.2, 0.25) is 0 Å². The fraction of sp³-hybridized carbons (Fsp3) is 0.545. The summed E-state index contributed by atoms with van der Waals surface area (Å²) in [6.45, 7) is 6.07. The molecule has 0 aromatic carbocycles. The van der Waals surface area contributed by atoms with Gasteiger partial charge in [-0.3, -0.25) is 4.98 Å². The van der Waals surface area contributed by atoms with Crippen molar-refractivity contribution < 1.29 is 5.11 Å². The van der Waals surface area contributed by atoms with Crippen LogP contribution >= 0.6 is 15.9 Å². The number of rotatable bonds is 2. The van der Waals surface area contributed by atoms with Gasteiger partial charge >= 0.3 is 0 Å². The molecule has 1 aromatic rings. The van der Waals surface area contributed by atoms with E-state index in [2.05, 4.69) is 20.9 Å². The van der Waals surface area contributed by atoms with Crippen LogP contribution < -0.4 is 0 Å². The molecular formula is C11H16BrNO. The molecule has 1 heterocycles. The SMILES string of the molecule is CC(C)(C)C(O)Cc1ncccc1Br. The van der Waals surface area contributed by atoms with Gasteiger partial charge in [-0.1, -0.05) is 20.8 Å². The third-order valence-electron chi connectivity index (χ3n) is 2.22. The molecule has 3 heteroatoms. The molecule has 0 spiro atoms. The van der Waals surface area contributed by atoms with Crippen molar-refractivity contribution in [1.29, 1.82) is 0 Å². The first-order valence-corrected chi connectivity index (χ1v) is 5.48. The van der Waals surface area contributed by atoms with E-state index in [1.807, 2.05) is 32.9 Å². The highest BCUT2D eigenvalue weighted by atomic mass is 79.9. The highest BCUT2D eigenvalue weighted by Gasteiger charge is 2.23. The largest absolute Gasteiger partial charge is 0.392 e. The summed E-state index contributed by atoms with van der Waals surface area (Å²) in [4.78, 5) is 4.22. The number of hydrogen-bond donors (Lipinski definition) is 1. The van der Waals surface area contributed by atoms with Gasteiger partial charge in [-0.15, -0.1) is 0 Å². The van der Waals surface area contributed by atoms with Gasteiger partial charge in [-0.05, 0) is 33.5 Å². The second kappa shape index (κ2) is 4.41. The van der Waals surface area contributed by atoms with Crippen molar-refractivity contribution in [3.63, 3.8) is 0 Å². The monoisotopic (exact) mass is 257 g/mol. The van der Waals surface area contributed by atoms with Crippen LogP contribution in [0.5, 0.6) is 0 Å². The predicted octanol–water partition coefficient (Wildman–Crippen LogP) is 2.79. The lowest BCUT2D eigenvalue weighted by Gasteiger charge is -2.25. The fourth-order valence-corrected chi connectivity index (χ4v) is 1.47. The highest BCUT2D eigenvalue weighted by Crippen LogP contribution is 2.24. The Labute approximate surface area is 93.5 Å². The number of halogens is 1. The third kappa shape index (κ3) is 3.07. The average molecular weight is 258 g/mol. The van der Waals surface area contributed by atoms with Crippen molar-refractivity contribution in [3.8, 4) is 0 Å². The Balaban J connectivity index is 2.75. The van der Waals surface area contributed by atoms with Gasteiger partial charge in [0.2, 0.25) is 0 Å². The Bertz CT molecular complexity index is 306. The molecule has 0 aliphatic carbocycles. The van der Waals surface area contributed by atoms with Crippen LogP contribution in [0.15, 0.2) is 22.8 Å². The van der Waals surface area contributed by atoms with Gasteiger partial charge in [0.25, 0.3) is 0 Å². The van der Waals surface area contributed by atoms with Crippen molar-refractivity contribution in [2.75, 3.05) is 0 Å². The number of aromatic nitrogens is 1. The Morgan fingerprint density at radius 1 is 1.50 bits per heavy atom. The molecule has 0 radical (unpaired) electrons. The lowest BCUT2D eigenvalue weighted by molar-refractivity contribution is 0.0626. The van der Waals surface area contributed by atoms with E-state index in [-0.39, 0.29) is 11.5 Å². The summed E-state index contributed by atoms with van der Waals surface area (Å²) in [6.07, 6.45) is 1.97. The molecule has 1 atom stereocenters. The molecule has 2 nitrogen and oxygen atoms in total. The van der Waals surface area contributed by atoms with E-state index in [9.17, 15) is 5.11 Å². The molecule has 1 unspecified atom stereocenters. The highest BCUT2D eigenvalue weighted by molar-refractivity contribution is 9.10. The summed E-state index contributed by atoms with van der Waals surface area (Å²) in [6, 6.07) is 3.81. The zero-order chi connectivity index (χ0) is 10.8. The minimum Gasteiger partial charge on any atom is -0.392 e. The van der Waals surface area contributed by atoms with E-state index in [0.29, 0.717) is 6.42 Å². The first-order valence-electron chi connectivity index (χ1n) is 4.68. The standard InChI is InChI=1S/C11H16BrNO/c1-11(2,3)10(14)7-9-8(12)5-4-6-13-9/h4-6,10,14H,7H2,1-3H3. The Morgan fingerprint density at radius 3 is 2.64 bits per heavy atom. The topological polar surface area (TPSA) is 33.1 Å². The van der Waals surface area contributed by atoms with Gasteiger partial charge in [0.05, 0.1) is 11.8 Å². The van der Waals surface area contributed by atoms with Gasteiger partial charge in [0, 0.05) is 17.1 Å². The molecule has 0 saturated heterocycles. The van der Waals surface area contributed by atoms with E-state index >= 15 is 0 Å². The summed E-state index contributed by atoms with van der Waals surface area (Å²) in [7, 11) is 0. The van der Waals surface area contributed by atoms with Gasteiger partial charge in [0.15, 0.2) is 0 Å². The molecule has 14 heavy (non-hydrogen) atoms. The summed E-state index contributed by atoms with van der Waals surface area (Å²) in [5.41, 5.74) is 0.812. The van der Waals surface area contributed by atoms with Gasteiger partial charge < -0.3 is 5.11 Å². The zero-order valence-corrected chi connectivity index (χ0v) is 10.4. The fourth-order valence-electron chi connectivity index (χ4n) is 1.06. The number of aliphatic hydroxyl groups is 1.